The van der Waals surface area contributed by atoms with E-state index in [-0.39, 0.29) is 12.3 Å². The lowest BCUT2D eigenvalue weighted by Gasteiger charge is -2.11. The molecule has 0 saturated carbocycles. The summed E-state index contributed by atoms with van der Waals surface area (Å²) in [6.07, 6.45) is 3.42. The highest BCUT2D eigenvalue weighted by molar-refractivity contribution is 5.87. The maximum absolute atomic E-state index is 11.2. The number of aromatic carboxylic acids is 1. The minimum absolute atomic E-state index is 0.0765. The molecule has 2 N–H and O–H groups in total. The highest BCUT2D eigenvalue weighted by Crippen LogP contribution is 2.29. The summed E-state index contributed by atoms with van der Waals surface area (Å²) >= 11 is 0. The van der Waals surface area contributed by atoms with Gasteiger partial charge in [-0.25, -0.2) is 4.79 Å². The summed E-state index contributed by atoms with van der Waals surface area (Å²) in [5.41, 5.74) is 4.84. The molecule has 1 heterocycles. The zero-order valence-electron chi connectivity index (χ0n) is 11.2. The number of carboxylic acids is 1. The first-order chi connectivity index (χ1) is 9.70. The fourth-order valence-electron chi connectivity index (χ4n) is 2.98. The zero-order valence-corrected chi connectivity index (χ0v) is 11.2. The molecule has 0 spiro atoms. The lowest BCUT2D eigenvalue weighted by molar-refractivity contribution is 0.0684. The number of carbonyl (C=O) groups is 1. The van der Waals surface area contributed by atoms with Crippen LogP contribution in [0.5, 0.6) is 0 Å². The largest absolute Gasteiger partial charge is 0.477 e. The summed E-state index contributed by atoms with van der Waals surface area (Å²) < 4.78 is 1.67. The molecule has 0 radical (unpaired) electrons. The van der Waals surface area contributed by atoms with Gasteiger partial charge in [-0.15, -0.1) is 0 Å². The van der Waals surface area contributed by atoms with Gasteiger partial charge in [0.25, 0.3) is 0 Å². The molecule has 1 aromatic heterocycles. The van der Waals surface area contributed by atoms with E-state index in [0.717, 1.165) is 24.1 Å². The normalized spacial score (nSPS) is 13.4. The van der Waals surface area contributed by atoms with Crippen LogP contribution in [0.2, 0.25) is 0 Å². The maximum Gasteiger partial charge on any atom is 0.352 e. The van der Waals surface area contributed by atoms with E-state index in [1.807, 2.05) is 12.1 Å². The minimum atomic E-state index is -0.967. The van der Waals surface area contributed by atoms with E-state index in [1.54, 1.807) is 10.6 Å². The second-order valence-electron chi connectivity index (χ2n) is 5.12. The Kier molecular flexibility index (Phi) is 3.32. The zero-order chi connectivity index (χ0) is 14.1. The van der Waals surface area contributed by atoms with Crippen molar-refractivity contribution in [2.45, 2.75) is 25.8 Å². The Morgan fingerprint density at radius 2 is 1.95 bits per heavy atom. The summed E-state index contributed by atoms with van der Waals surface area (Å²) in [6.45, 7) is 0.216. The molecular weight excluding hydrogens is 254 g/mol. The number of nitrogens with zero attached hydrogens (tertiary/aromatic N) is 1. The standard InChI is InChI=1S/C16H17NO3/c18-9-8-17-14(6-7-15(17)16(19)20)13-5-4-11-2-1-3-12(11)10-13/h4-7,10,18H,1-3,8-9H2,(H,19,20). The highest BCUT2D eigenvalue weighted by Gasteiger charge is 2.17. The van der Waals surface area contributed by atoms with E-state index in [2.05, 4.69) is 12.1 Å². The molecule has 4 heteroatoms. The molecule has 0 aliphatic heterocycles. The van der Waals surface area contributed by atoms with Gasteiger partial charge in [-0.2, -0.15) is 0 Å². The second-order valence-corrected chi connectivity index (χ2v) is 5.12. The van der Waals surface area contributed by atoms with Crippen molar-refractivity contribution >= 4 is 5.97 Å². The number of aliphatic hydroxyl groups excluding tert-OH is 1. The molecule has 4 nitrogen and oxygen atoms in total. The van der Waals surface area contributed by atoms with Crippen LogP contribution >= 0.6 is 0 Å². The number of hydrogen-bond acceptors (Lipinski definition) is 2. The Labute approximate surface area is 117 Å². The monoisotopic (exact) mass is 271 g/mol. The highest BCUT2D eigenvalue weighted by atomic mass is 16.4. The number of rotatable bonds is 4. The Morgan fingerprint density at radius 1 is 1.15 bits per heavy atom. The van der Waals surface area contributed by atoms with Crippen LogP contribution < -0.4 is 0 Å². The third-order valence-electron chi connectivity index (χ3n) is 3.92. The Bertz CT molecular complexity index is 658. The molecule has 0 amide bonds. The average molecular weight is 271 g/mol. The molecule has 20 heavy (non-hydrogen) atoms. The van der Waals surface area contributed by atoms with Gasteiger partial charge in [-0.1, -0.05) is 12.1 Å². The van der Waals surface area contributed by atoms with E-state index in [4.69, 9.17) is 5.11 Å². The lowest BCUT2D eigenvalue weighted by atomic mass is 10.0. The molecule has 1 aliphatic rings. The van der Waals surface area contributed by atoms with Crippen LogP contribution in [0.25, 0.3) is 11.3 Å². The van der Waals surface area contributed by atoms with Crippen molar-refractivity contribution in [1.82, 2.24) is 4.57 Å². The van der Waals surface area contributed by atoms with Crippen LogP contribution in [0.1, 0.15) is 28.0 Å². The van der Waals surface area contributed by atoms with Crippen molar-refractivity contribution in [3.05, 3.63) is 47.2 Å². The van der Waals surface area contributed by atoms with Gasteiger partial charge in [0.15, 0.2) is 0 Å². The number of fused-ring (bicyclic) bond motifs is 1. The molecule has 104 valence electrons. The van der Waals surface area contributed by atoms with Crippen molar-refractivity contribution in [2.75, 3.05) is 6.61 Å². The summed E-state index contributed by atoms with van der Waals surface area (Å²) in [4.78, 5) is 11.2. The van der Waals surface area contributed by atoms with Crippen molar-refractivity contribution in [2.24, 2.45) is 0 Å². The van der Waals surface area contributed by atoms with Gasteiger partial charge in [0.05, 0.1) is 6.61 Å². The van der Waals surface area contributed by atoms with E-state index in [9.17, 15) is 9.90 Å². The Hall–Kier alpha value is -2.07. The molecular formula is C16H17NO3. The fraction of sp³-hybridized carbons (Fsp3) is 0.312. The topological polar surface area (TPSA) is 62.5 Å². The van der Waals surface area contributed by atoms with Gasteiger partial charge < -0.3 is 14.8 Å². The number of benzene rings is 1. The molecule has 0 bridgehead atoms. The molecule has 0 atom stereocenters. The first-order valence-corrected chi connectivity index (χ1v) is 6.86. The summed E-state index contributed by atoms with van der Waals surface area (Å²) in [6, 6.07) is 9.74. The van der Waals surface area contributed by atoms with Crippen molar-refractivity contribution < 1.29 is 15.0 Å². The van der Waals surface area contributed by atoms with Crippen LogP contribution in [0.3, 0.4) is 0 Å². The van der Waals surface area contributed by atoms with Gasteiger partial charge >= 0.3 is 5.97 Å². The number of aryl methyl sites for hydroxylation is 2. The van der Waals surface area contributed by atoms with Crippen molar-refractivity contribution in [3.63, 3.8) is 0 Å². The summed E-state index contributed by atoms with van der Waals surface area (Å²) in [5, 5.41) is 18.4. The maximum atomic E-state index is 11.2. The van der Waals surface area contributed by atoms with E-state index in [1.165, 1.54) is 17.5 Å². The fourth-order valence-corrected chi connectivity index (χ4v) is 2.98. The quantitative estimate of drug-likeness (QED) is 0.897. The number of aliphatic hydroxyl groups is 1. The predicted molar refractivity (Wildman–Crippen MR) is 75.9 cm³/mol. The van der Waals surface area contributed by atoms with Crippen LogP contribution in [0.4, 0.5) is 0 Å². The van der Waals surface area contributed by atoms with Crippen LogP contribution in [0, 0.1) is 0 Å². The van der Waals surface area contributed by atoms with E-state index in [0.29, 0.717) is 6.54 Å². The van der Waals surface area contributed by atoms with E-state index >= 15 is 0 Å². The van der Waals surface area contributed by atoms with Gasteiger partial charge in [-0.05, 0) is 54.2 Å². The van der Waals surface area contributed by atoms with Gasteiger partial charge in [0, 0.05) is 12.2 Å². The third kappa shape index (κ3) is 2.12. The molecule has 0 saturated heterocycles. The van der Waals surface area contributed by atoms with Gasteiger partial charge in [-0.3, -0.25) is 0 Å². The van der Waals surface area contributed by atoms with Crippen molar-refractivity contribution in [1.29, 1.82) is 0 Å². The SMILES string of the molecule is O=C(O)c1ccc(-c2ccc3c(c2)CCC3)n1CCO. The molecule has 0 unspecified atom stereocenters. The number of aromatic nitrogens is 1. The minimum Gasteiger partial charge on any atom is -0.477 e. The molecule has 2 aromatic rings. The average Bonchev–Trinajstić information content (AvgIpc) is 3.04. The summed E-state index contributed by atoms with van der Waals surface area (Å²) in [5.74, 6) is -0.967. The molecule has 3 rings (SSSR count). The number of hydrogen-bond donors (Lipinski definition) is 2. The van der Waals surface area contributed by atoms with Crippen LogP contribution in [-0.2, 0) is 19.4 Å². The number of carboxylic acid groups (broad SMARTS) is 1. The Balaban J connectivity index is 2.07. The predicted octanol–water partition coefficient (Wildman–Crippen LogP) is 2.33. The Morgan fingerprint density at radius 3 is 2.70 bits per heavy atom. The smallest absolute Gasteiger partial charge is 0.352 e. The first-order valence-electron chi connectivity index (χ1n) is 6.86. The van der Waals surface area contributed by atoms with Crippen LogP contribution in [0.15, 0.2) is 30.3 Å². The lowest BCUT2D eigenvalue weighted by Crippen LogP contribution is -2.12. The third-order valence-corrected chi connectivity index (χ3v) is 3.92. The molecule has 1 aliphatic carbocycles. The van der Waals surface area contributed by atoms with Gasteiger partial charge in [0.1, 0.15) is 5.69 Å². The van der Waals surface area contributed by atoms with Gasteiger partial charge in [0.2, 0.25) is 0 Å². The van der Waals surface area contributed by atoms with Crippen LogP contribution in [-0.4, -0.2) is 27.4 Å². The molecule has 0 fully saturated rings. The molecule has 1 aromatic carbocycles. The van der Waals surface area contributed by atoms with E-state index < -0.39 is 5.97 Å². The summed E-state index contributed by atoms with van der Waals surface area (Å²) in [7, 11) is 0. The van der Waals surface area contributed by atoms with Crippen molar-refractivity contribution in [3.8, 4) is 11.3 Å². The second kappa shape index (κ2) is 5.13. The first kappa shape index (κ1) is 12.9.